The Bertz CT molecular complexity index is 570. The van der Waals surface area contributed by atoms with Crippen molar-refractivity contribution in [2.24, 2.45) is 0 Å². The first-order valence-electron chi connectivity index (χ1n) is 5.48. The van der Waals surface area contributed by atoms with E-state index in [1.807, 2.05) is 0 Å². The van der Waals surface area contributed by atoms with Crippen LogP contribution in [0.25, 0.3) is 11.4 Å². The topological polar surface area (TPSA) is 25.8 Å². The molecule has 5 heteroatoms. The monoisotopic (exact) mass is 376 g/mol. The fraction of sp³-hybridized carbons (Fsp3) is 0.231. The fourth-order valence-corrected chi connectivity index (χ4v) is 2.59. The van der Waals surface area contributed by atoms with Crippen LogP contribution >= 0.6 is 34.2 Å². The lowest BCUT2D eigenvalue weighted by molar-refractivity contribution is 0.628. The van der Waals surface area contributed by atoms with Crippen molar-refractivity contribution in [2.45, 2.75) is 19.8 Å². The molecule has 0 amide bonds. The highest BCUT2D eigenvalue weighted by Crippen LogP contribution is 2.28. The van der Waals surface area contributed by atoms with Crippen LogP contribution in [0.15, 0.2) is 24.3 Å². The van der Waals surface area contributed by atoms with E-state index in [0.29, 0.717) is 11.0 Å². The molecule has 18 heavy (non-hydrogen) atoms. The lowest BCUT2D eigenvalue weighted by Gasteiger charge is -2.10. The van der Waals surface area contributed by atoms with Crippen LogP contribution in [0.3, 0.4) is 0 Å². The number of nitrogens with zero attached hydrogens (tertiary/aromatic N) is 2. The van der Waals surface area contributed by atoms with Crippen molar-refractivity contribution in [3.63, 3.8) is 0 Å². The predicted molar refractivity (Wildman–Crippen MR) is 79.2 cm³/mol. The molecule has 1 aromatic heterocycles. The van der Waals surface area contributed by atoms with Crippen LogP contribution in [0.2, 0.25) is 5.15 Å². The first-order valence-corrected chi connectivity index (χ1v) is 6.93. The van der Waals surface area contributed by atoms with Crippen LogP contribution in [0.1, 0.15) is 25.5 Å². The molecule has 2 nitrogen and oxygen atoms in total. The lowest BCUT2D eigenvalue weighted by Crippen LogP contribution is -2.02. The number of aromatic nitrogens is 2. The van der Waals surface area contributed by atoms with Gasteiger partial charge in [0.15, 0.2) is 5.82 Å². The van der Waals surface area contributed by atoms with E-state index in [4.69, 9.17) is 11.6 Å². The van der Waals surface area contributed by atoms with E-state index >= 15 is 0 Å². The Morgan fingerprint density at radius 1 is 1.17 bits per heavy atom. The fourth-order valence-electron chi connectivity index (χ4n) is 1.55. The molecule has 1 aromatic carbocycles. The smallest absolute Gasteiger partial charge is 0.161 e. The highest BCUT2D eigenvalue weighted by molar-refractivity contribution is 14.1. The zero-order valence-corrected chi connectivity index (χ0v) is 12.8. The Kier molecular flexibility index (Phi) is 4.17. The van der Waals surface area contributed by atoms with Gasteiger partial charge in [-0.25, -0.2) is 14.4 Å². The maximum Gasteiger partial charge on any atom is 0.161 e. The van der Waals surface area contributed by atoms with Gasteiger partial charge in [0.05, 0.1) is 9.26 Å². The Morgan fingerprint density at radius 3 is 2.33 bits per heavy atom. The summed E-state index contributed by atoms with van der Waals surface area (Å²) in [6.07, 6.45) is 0. The molecule has 0 spiro atoms. The lowest BCUT2D eigenvalue weighted by atomic mass is 10.1. The van der Waals surface area contributed by atoms with Gasteiger partial charge < -0.3 is 0 Å². The molecular weight excluding hydrogens is 366 g/mol. The van der Waals surface area contributed by atoms with E-state index in [-0.39, 0.29) is 11.7 Å². The highest BCUT2D eigenvalue weighted by atomic mass is 127. The Labute approximate surface area is 124 Å². The largest absolute Gasteiger partial charge is 0.232 e. The normalized spacial score (nSPS) is 11.0. The predicted octanol–water partition coefficient (Wildman–Crippen LogP) is 4.66. The van der Waals surface area contributed by atoms with Crippen LogP contribution < -0.4 is 0 Å². The molecule has 1 heterocycles. The molecule has 0 radical (unpaired) electrons. The van der Waals surface area contributed by atoms with Crippen molar-refractivity contribution < 1.29 is 4.39 Å². The van der Waals surface area contributed by atoms with E-state index in [1.165, 1.54) is 12.1 Å². The minimum absolute atomic E-state index is 0.261. The molecule has 2 aromatic rings. The molecule has 0 saturated heterocycles. The Hall–Kier alpha value is -0.750. The van der Waals surface area contributed by atoms with Crippen molar-refractivity contribution in [3.8, 4) is 11.4 Å². The molecular formula is C13H11ClFIN2. The van der Waals surface area contributed by atoms with Gasteiger partial charge in [0, 0.05) is 5.56 Å². The third kappa shape index (κ3) is 2.80. The minimum atomic E-state index is -0.278. The summed E-state index contributed by atoms with van der Waals surface area (Å²) in [6, 6.07) is 6.08. The van der Waals surface area contributed by atoms with Crippen LogP contribution in [0.5, 0.6) is 0 Å². The van der Waals surface area contributed by atoms with Gasteiger partial charge in [-0.05, 0) is 52.8 Å². The summed E-state index contributed by atoms with van der Waals surface area (Å²) in [4.78, 5) is 8.75. The number of benzene rings is 1. The first kappa shape index (κ1) is 13.7. The molecule has 94 valence electrons. The van der Waals surface area contributed by atoms with E-state index in [0.717, 1.165) is 14.8 Å². The van der Waals surface area contributed by atoms with Crippen molar-refractivity contribution >= 4 is 34.2 Å². The summed E-state index contributed by atoms with van der Waals surface area (Å²) in [7, 11) is 0. The average molecular weight is 377 g/mol. The van der Waals surface area contributed by atoms with E-state index in [2.05, 4.69) is 46.4 Å². The van der Waals surface area contributed by atoms with Crippen molar-refractivity contribution in [2.75, 3.05) is 0 Å². The summed E-state index contributed by atoms with van der Waals surface area (Å²) in [5.41, 5.74) is 1.67. The second-order valence-electron chi connectivity index (χ2n) is 4.20. The molecule has 0 aliphatic carbocycles. The van der Waals surface area contributed by atoms with Gasteiger partial charge in [0.2, 0.25) is 0 Å². The van der Waals surface area contributed by atoms with Crippen molar-refractivity contribution in [1.29, 1.82) is 0 Å². The molecule has 0 aliphatic heterocycles. The summed E-state index contributed by atoms with van der Waals surface area (Å²) in [6.45, 7) is 4.10. The van der Waals surface area contributed by atoms with Gasteiger partial charge in [-0.3, -0.25) is 0 Å². The number of halogens is 3. The van der Waals surface area contributed by atoms with Gasteiger partial charge in [-0.15, -0.1) is 0 Å². The second-order valence-corrected chi connectivity index (χ2v) is 5.64. The van der Waals surface area contributed by atoms with Crippen LogP contribution in [0, 0.1) is 9.39 Å². The second kappa shape index (κ2) is 5.48. The highest BCUT2D eigenvalue weighted by Gasteiger charge is 2.14. The molecule has 0 bridgehead atoms. The van der Waals surface area contributed by atoms with Gasteiger partial charge in [-0.2, -0.15) is 0 Å². The molecule has 0 saturated carbocycles. The molecule has 0 aliphatic rings. The maximum absolute atomic E-state index is 12.9. The zero-order valence-electron chi connectivity index (χ0n) is 9.92. The van der Waals surface area contributed by atoms with Crippen LogP contribution in [0.4, 0.5) is 4.39 Å². The molecule has 0 unspecified atom stereocenters. The summed E-state index contributed by atoms with van der Waals surface area (Å²) in [5, 5.41) is 0.439. The van der Waals surface area contributed by atoms with Gasteiger partial charge in [0.25, 0.3) is 0 Å². The molecule has 0 atom stereocenters. The van der Waals surface area contributed by atoms with E-state index < -0.39 is 0 Å². The molecule has 0 fully saturated rings. The van der Waals surface area contributed by atoms with Crippen molar-refractivity contribution in [3.05, 3.63) is 44.5 Å². The van der Waals surface area contributed by atoms with Crippen molar-refractivity contribution in [1.82, 2.24) is 9.97 Å². The maximum atomic E-state index is 12.9. The Morgan fingerprint density at radius 2 is 1.78 bits per heavy atom. The van der Waals surface area contributed by atoms with E-state index in [1.54, 1.807) is 12.1 Å². The zero-order chi connectivity index (χ0) is 13.3. The summed E-state index contributed by atoms with van der Waals surface area (Å²) in [5.74, 6) is 0.514. The summed E-state index contributed by atoms with van der Waals surface area (Å²) >= 11 is 8.26. The summed E-state index contributed by atoms with van der Waals surface area (Å²) < 4.78 is 13.8. The van der Waals surface area contributed by atoms with E-state index in [9.17, 15) is 4.39 Å². The third-order valence-electron chi connectivity index (χ3n) is 2.49. The van der Waals surface area contributed by atoms with Crippen LogP contribution in [-0.2, 0) is 0 Å². The first-order chi connectivity index (χ1) is 8.49. The third-order valence-corrected chi connectivity index (χ3v) is 4.14. The van der Waals surface area contributed by atoms with Gasteiger partial charge >= 0.3 is 0 Å². The Balaban J connectivity index is 2.55. The number of rotatable bonds is 2. The van der Waals surface area contributed by atoms with Gasteiger partial charge in [-0.1, -0.05) is 25.4 Å². The standard InChI is InChI=1S/C13H11ClFIN2/c1-7(2)11-10(16)12(14)18-13(17-11)8-3-5-9(15)6-4-8/h3-7H,1-2H3. The number of hydrogen-bond donors (Lipinski definition) is 0. The quantitative estimate of drug-likeness (QED) is 0.562. The molecule has 2 rings (SSSR count). The van der Waals surface area contributed by atoms with Crippen LogP contribution in [-0.4, -0.2) is 9.97 Å². The number of hydrogen-bond acceptors (Lipinski definition) is 2. The average Bonchev–Trinajstić information content (AvgIpc) is 2.33. The SMILES string of the molecule is CC(C)c1nc(-c2ccc(F)cc2)nc(Cl)c1I. The van der Waals surface area contributed by atoms with Gasteiger partial charge in [0.1, 0.15) is 11.0 Å². The molecule has 0 N–H and O–H groups in total. The minimum Gasteiger partial charge on any atom is -0.232 e.